The number of benzene rings is 1. The van der Waals surface area contributed by atoms with Gasteiger partial charge in [-0.2, -0.15) is 0 Å². The second-order valence-electron chi connectivity index (χ2n) is 7.91. The summed E-state index contributed by atoms with van der Waals surface area (Å²) in [6, 6.07) is 8.35. The van der Waals surface area contributed by atoms with E-state index in [0.717, 1.165) is 50.0 Å². The first kappa shape index (κ1) is 19.6. The molecular formula is C24H28N2O3. The van der Waals surface area contributed by atoms with Crippen molar-refractivity contribution in [1.82, 2.24) is 9.55 Å². The molecule has 4 rings (SSSR count). The van der Waals surface area contributed by atoms with E-state index in [4.69, 9.17) is 4.74 Å². The Kier molecular flexibility index (Phi) is 5.67. The Morgan fingerprint density at radius 1 is 1.31 bits per heavy atom. The van der Waals surface area contributed by atoms with E-state index in [-0.39, 0.29) is 0 Å². The average molecular weight is 392 g/mol. The lowest BCUT2D eigenvalue weighted by atomic mass is 9.97. The molecule has 1 aliphatic carbocycles. The van der Waals surface area contributed by atoms with Gasteiger partial charge in [0.15, 0.2) is 0 Å². The van der Waals surface area contributed by atoms with Crippen LogP contribution >= 0.6 is 0 Å². The van der Waals surface area contributed by atoms with Crippen LogP contribution in [0.3, 0.4) is 0 Å². The van der Waals surface area contributed by atoms with E-state index in [0.29, 0.717) is 23.6 Å². The van der Waals surface area contributed by atoms with Gasteiger partial charge in [-0.25, -0.2) is 4.79 Å². The predicted octanol–water partition coefficient (Wildman–Crippen LogP) is 4.80. The van der Waals surface area contributed by atoms with Crippen LogP contribution in [0.15, 0.2) is 36.7 Å². The molecule has 1 fully saturated rings. The van der Waals surface area contributed by atoms with Gasteiger partial charge in [0.05, 0.1) is 16.8 Å². The van der Waals surface area contributed by atoms with E-state index >= 15 is 0 Å². The number of ether oxygens (including phenoxy) is 1. The van der Waals surface area contributed by atoms with E-state index in [2.05, 4.69) is 40.9 Å². The minimum atomic E-state index is -0.895. The van der Waals surface area contributed by atoms with Crippen LogP contribution in [-0.2, 0) is 24.1 Å². The molecule has 152 valence electrons. The van der Waals surface area contributed by atoms with Gasteiger partial charge in [0.2, 0.25) is 0 Å². The minimum Gasteiger partial charge on any atom is -0.478 e. The summed E-state index contributed by atoms with van der Waals surface area (Å²) in [5.74, 6) is -0.402. The van der Waals surface area contributed by atoms with Crippen molar-refractivity contribution in [2.75, 3.05) is 13.7 Å². The summed E-state index contributed by atoms with van der Waals surface area (Å²) < 4.78 is 7.51. The maximum absolute atomic E-state index is 11.8. The molecule has 2 heterocycles. The van der Waals surface area contributed by atoms with Crippen molar-refractivity contribution in [1.29, 1.82) is 0 Å². The predicted molar refractivity (Wildman–Crippen MR) is 114 cm³/mol. The van der Waals surface area contributed by atoms with Gasteiger partial charge in [-0.15, -0.1) is 0 Å². The Bertz CT molecular complexity index is 1030. The molecule has 1 saturated carbocycles. The summed E-state index contributed by atoms with van der Waals surface area (Å²) in [6.45, 7) is 3.80. The molecule has 1 aliphatic rings. The molecule has 0 amide bonds. The zero-order valence-electron chi connectivity index (χ0n) is 17.1. The third kappa shape index (κ3) is 4.20. The van der Waals surface area contributed by atoms with Gasteiger partial charge in [-0.1, -0.05) is 6.07 Å². The molecule has 0 unspecified atom stereocenters. The van der Waals surface area contributed by atoms with Crippen molar-refractivity contribution in [2.45, 2.75) is 51.5 Å². The fraction of sp³-hybridized carbons (Fsp3) is 0.417. The van der Waals surface area contributed by atoms with Crippen LogP contribution in [0.1, 0.15) is 64.8 Å². The lowest BCUT2D eigenvalue weighted by Gasteiger charge is -2.12. The topological polar surface area (TPSA) is 64.4 Å². The quantitative estimate of drug-likeness (QED) is 0.531. The summed E-state index contributed by atoms with van der Waals surface area (Å²) in [4.78, 5) is 16.4. The number of pyridine rings is 1. The number of aromatic nitrogens is 2. The third-order valence-electron chi connectivity index (χ3n) is 5.78. The molecule has 0 spiro atoms. The molecule has 3 aromatic rings. The smallest absolute Gasteiger partial charge is 0.337 e. The zero-order chi connectivity index (χ0) is 20.4. The number of carboxylic acids is 1. The Morgan fingerprint density at radius 2 is 2.14 bits per heavy atom. The van der Waals surface area contributed by atoms with Gasteiger partial charge in [0.1, 0.15) is 0 Å². The number of aromatic carboxylic acids is 1. The van der Waals surface area contributed by atoms with Crippen LogP contribution in [0.25, 0.3) is 10.9 Å². The highest BCUT2D eigenvalue weighted by atomic mass is 16.5. The molecule has 2 aromatic heterocycles. The van der Waals surface area contributed by atoms with Gasteiger partial charge in [0, 0.05) is 44.5 Å². The molecule has 0 atom stereocenters. The van der Waals surface area contributed by atoms with Gasteiger partial charge in [-0.05, 0) is 73.4 Å². The van der Waals surface area contributed by atoms with Crippen molar-refractivity contribution in [2.24, 2.45) is 0 Å². The van der Waals surface area contributed by atoms with Gasteiger partial charge >= 0.3 is 5.97 Å². The van der Waals surface area contributed by atoms with Crippen molar-refractivity contribution in [3.05, 3.63) is 64.6 Å². The van der Waals surface area contributed by atoms with Crippen LogP contribution in [0.5, 0.6) is 0 Å². The molecule has 5 nitrogen and oxygen atoms in total. The van der Waals surface area contributed by atoms with Crippen LogP contribution < -0.4 is 0 Å². The van der Waals surface area contributed by atoms with Crippen molar-refractivity contribution in [3.63, 3.8) is 0 Å². The summed E-state index contributed by atoms with van der Waals surface area (Å²) in [7, 11) is 1.73. The second kappa shape index (κ2) is 8.37. The number of hydrogen-bond donors (Lipinski definition) is 1. The van der Waals surface area contributed by atoms with Crippen molar-refractivity contribution in [3.8, 4) is 0 Å². The SMILES string of the molecule is CCn1ccc2cc(Cc3ncc(C4CC4)cc3C(=O)O)cc(CCCOC)c21. The monoisotopic (exact) mass is 392 g/mol. The Balaban J connectivity index is 1.69. The molecule has 0 aliphatic heterocycles. The second-order valence-corrected chi connectivity index (χ2v) is 7.91. The third-order valence-corrected chi connectivity index (χ3v) is 5.78. The molecule has 0 radical (unpaired) electrons. The van der Waals surface area contributed by atoms with Gasteiger partial charge in [-0.3, -0.25) is 4.98 Å². The number of carboxylic acid groups (broad SMARTS) is 1. The van der Waals surface area contributed by atoms with Crippen LogP contribution in [0.2, 0.25) is 0 Å². The average Bonchev–Trinajstić information content (AvgIpc) is 3.48. The van der Waals surface area contributed by atoms with E-state index in [9.17, 15) is 9.90 Å². The Morgan fingerprint density at radius 3 is 2.83 bits per heavy atom. The van der Waals surface area contributed by atoms with Gasteiger partial charge < -0.3 is 14.4 Å². The summed E-state index contributed by atoms with van der Waals surface area (Å²) >= 11 is 0. The van der Waals surface area contributed by atoms with E-state index < -0.39 is 5.97 Å². The van der Waals surface area contributed by atoms with Crippen LogP contribution in [0, 0.1) is 0 Å². The molecule has 0 bridgehead atoms. The molecule has 5 heteroatoms. The highest BCUT2D eigenvalue weighted by molar-refractivity contribution is 5.89. The largest absolute Gasteiger partial charge is 0.478 e. The van der Waals surface area contributed by atoms with Crippen molar-refractivity contribution >= 4 is 16.9 Å². The van der Waals surface area contributed by atoms with E-state index in [1.807, 2.05) is 12.3 Å². The highest BCUT2D eigenvalue weighted by Gasteiger charge is 2.26. The summed E-state index contributed by atoms with van der Waals surface area (Å²) in [6.07, 6.45) is 8.68. The fourth-order valence-electron chi connectivity index (χ4n) is 4.14. The number of fused-ring (bicyclic) bond motifs is 1. The molecule has 1 N–H and O–H groups in total. The number of hydrogen-bond acceptors (Lipinski definition) is 3. The van der Waals surface area contributed by atoms with Gasteiger partial charge in [0.25, 0.3) is 0 Å². The maximum atomic E-state index is 11.8. The minimum absolute atomic E-state index is 0.335. The Hall–Kier alpha value is -2.66. The lowest BCUT2D eigenvalue weighted by molar-refractivity contribution is 0.0695. The summed E-state index contributed by atoms with van der Waals surface area (Å²) in [5.41, 5.74) is 5.69. The van der Waals surface area contributed by atoms with E-state index in [1.165, 1.54) is 16.5 Å². The van der Waals surface area contributed by atoms with Crippen LogP contribution in [0.4, 0.5) is 0 Å². The first-order valence-electron chi connectivity index (χ1n) is 10.4. The standard InChI is InChI=1S/C24H28N2O3/c1-3-26-9-8-19-12-16(11-18(23(19)26)5-4-10-29-2)13-22-21(24(27)28)14-20(15-25-22)17-6-7-17/h8-9,11-12,14-15,17H,3-7,10,13H2,1-2H3,(H,27,28). The lowest BCUT2D eigenvalue weighted by Crippen LogP contribution is -2.07. The van der Waals surface area contributed by atoms with Crippen LogP contribution in [-0.4, -0.2) is 34.3 Å². The number of aryl methyl sites for hydroxylation is 2. The molecule has 29 heavy (non-hydrogen) atoms. The molecule has 0 saturated heterocycles. The van der Waals surface area contributed by atoms with Crippen molar-refractivity contribution < 1.29 is 14.6 Å². The zero-order valence-corrected chi connectivity index (χ0v) is 17.1. The fourth-order valence-corrected chi connectivity index (χ4v) is 4.14. The highest BCUT2D eigenvalue weighted by Crippen LogP contribution is 2.40. The number of nitrogens with zero attached hydrogens (tertiary/aromatic N) is 2. The maximum Gasteiger partial charge on any atom is 0.337 e. The summed E-state index contributed by atoms with van der Waals surface area (Å²) in [5, 5.41) is 10.9. The number of rotatable bonds is 9. The Labute approximate surface area is 171 Å². The normalized spacial score (nSPS) is 13.9. The first-order chi connectivity index (χ1) is 14.1. The number of methoxy groups -OCH3 is 1. The molecule has 1 aromatic carbocycles. The molecular weight excluding hydrogens is 364 g/mol. The number of carbonyl (C=O) groups is 1. The first-order valence-corrected chi connectivity index (χ1v) is 10.4. The van der Waals surface area contributed by atoms with E-state index in [1.54, 1.807) is 7.11 Å².